The Hall–Kier alpha value is -2.04. The maximum atomic E-state index is 11.9. The number of Topliss-reactive ketones (excluding diaryl/α,β-unsaturated/α-hetero) is 2. The largest absolute Gasteiger partial charge is 0.463 e. The summed E-state index contributed by atoms with van der Waals surface area (Å²) >= 11 is 0. The van der Waals surface area contributed by atoms with Gasteiger partial charge in [-0.1, -0.05) is 6.07 Å². The first kappa shape index (κ1) is 14.0. The second-order valence-electron chi connectivity index (χ2n) is 4.07. The number of ether oxygens (including phenoxy) is 1. The number of hydrogen-bond acceptors (Lipinski definition) is 5. The minimum Gasteiger partial charge on any atom is -0.463 e. The molecule has 5 heteroatoms. The monoisotopic (exact) mass is 249 g/mol. The fourth-order valence-electron chi connectivity index (χ4n) is 1.54. The van der Waals surface area contributed by atoms with Gasteiger partial charge in [-0.05, 0) is 31.9 Å². The Morgan fingerprint density at radius 3 is 2.33 bits per heavy atom. The van der Waals surface area contributed by atoms with E-state index in [0.717, 1.165) is 18.4 Å². The van der Waals surface area contributed by atoms with Crippen LogP contribution in [0.1, 0.15) is 33.7 Å². The lowest BCUT2D eigenvalue weighted by Gasteiger charge is -2.07. The Kier molecular flexibility index (Phi) is 4.31. The fourth-order valence-corrected chi connectivity index (χ4v) is 1.54. The van der Waals surface area contributed by atoms with E-state index >= 15 is 0 Å². The van der Waals surface area contributed by atoms with E-state index in [1.807, 2.05) is 13.0 Å². The van der Waals surface area contributed by atoms with Crippen molar-refractivity contribution >= 4 is 17.5 Å². The predicted molar refractivity (Wildman–Crippen MR) is 64.4 cm³/mol. The molecule has 0 aromatic carbocycles. The molecule has 96 valence electrons. The van der Waals surface area contributed by atoms with E-state index in [1.165, 1.54) is 0 Å². The van der Waals surface area contributed by atoms with Crippen molar-refractivity contribution < 1.29 is 19.1 Å². The SMILES string of the molecule is COC(=O)C(=O)CC(=O)c1nc(C)c(C)cc1C. The zero-order chi connectivity index (χ0) is 13.9. The summed E-state index contributed by atoms with van der Waals surface area (Å²) in [6, 6.07) is 1.83. The number of pyridine rings is 1. The number of rotatable bonds is 4. The quantitative estimate of drug-likeness (QED) is 0.348. The van der Waals surface area contributed by atoms with Crippen LogP contribution in [0, 0.1) is 20.8 Å². The Balaban J connectivity index is 2.95. The number of aromatic nitrogens is 1. The van der Waals surface area contributed by atoms with Crippen LogP contribution >= 0.6 is 0 Å². The number of hydrogen-bond donors (Lipinski definition) is 0. The zero-order valence-corrected chi connectivity index (χ0v) is 10.9. The molecule has 1 aromatic heterocycles. The van der Waals surface area contributed by atoms with Crippen molar-refractivity contribution in [1.29, 1.82) is 0 Å². The minimum atomic E-state index is -1.01. The van der Waals surface area contributed by atoms with E-state index < -0.39 is 24.0 Å². The average molecular weight is 249 g/mol. The molecule has 0 amide bonds. The van der Waals surface area contributed by atoms with E-state index in [0.29, 0.717) is 5.56 Å². The van der Waals surface area contributed by atoms with Crippen molar-refractivity contribution in [3.8, 4) is 0 Å². The molecular weight excluding hydrogens is 234 g/mol. The number of aryl methyl sites for hydroxylation is 3. The van der Waals surface area contributed by atoms with Crippen LogP contribution in [-0.2, 0) is 14.3 Å². The van der Waals surface area contributed by atoms with Crippen LogP contribution in [0.5, 0.6) is 0 Å². The molecule has 0 unspecified atom stereocenters. The third kappa shape index (κ3) is 3.00. The summed E-state index contributed by atoms with van der Waals surface area (Å²) in [6.07, 6.45) is -0.511. The summed E-state index contributed by atoms with van der Waals surface area (Å²) in [5, 5.41) is 0. The first-order chi connectivity index (χ1) is 8.36. The van der Waals surface area contributed by atoms with E-state index in [2.05, 4.69) is 9.72 Å². The van der Waals surface area contributed by atoms with Crippen molar-refractivity contribution in [2.75, 3.05) is 7.11 Å². The second-order valence-corrected chi connectivity index (χ2v) is 4.07. The number of methoxy groups -OCH3 is 1. The highest BCUT2D eigenvalue weighted by molar-refractivity contribution is 6.38. The lowest BCUT2D eigenvalue weighted by atomic mass is 10.0. The van der Waals surface area contributed by atoms with Gasteiger partial charge in [0.15, 0.2) is 5.78 Å². The first-order valence-corrected chi connectivity index (χ1v) is 5.46. The highest BCUT2D eigenvalue weighted by atomic mass is 16.5. The minimum absolute atomic E-state index is 0.232. The van der Waals surface area contributed by atoms with Gasteiger partial charge >= 0.3 is 5.97 Å². The van der Waals surface area contributed by atoms with Gasteiger partial charge in [0.25, 0.3) is 0 Å². The lowest BCUT2D eigenvalue weighted by Crippen LogP contribution is -2.20. The first-order valence-electron chi connectivity index (χ1n) is 5.46. The van der Waals surface area contributed by atoms with Gasteiger partial charge in [-0.3, -0.25) is 9.59 Å². The van der Waals surface area contributed by atoms with Crippen molar-refractivity contribution in [2.45, 2.75) is 27.2 Å². The van der Waals surface area contributed by atoms with Gasteiger partial charge in [0.05, 0.1) is 13.5 Å². The number of ketones is 2. The normalized spacial score (nSPS) is 10.0. The molecule has 1 rings (SSSR count). The summed E-state index contributed by atoms with van der Waals surface area (Å²) < 4.78 is 4.26. The summed E-state index contributed by atoms with van der Waals surface area (Å²) in [5.41, 5.74) is 2.63. The van der Waals surface area contributed by atoms with Crippen LogP contribution in [0.15, 0.2) is 6.07 Å². The summed E-state index contributed by atoms with van der Waals surface area (Å²) in [7, 11) is 1.10. The third-order valence-corrected chi connectivity index (χ3v) is 2.66. The molecule has 1 heterocycles. The van der Waals surface area contributed by atoms with Gasteiger partial charge in [-0.25, -0.2) is 9.78 Å². The Labute approximate surface area is 105 Å². The molecule has 0 atom stereocenters. The molecule has 0 saturated heterocycles. The average Bonchev–Trinajstić information content (AvgIpc) is 2.32. The molecule has 0 aliphatic heterocycles. The smallest absolute Gasteiger partial charge is 0.374 e. The van der Waals surface area contributed by atoms with Crippen molar-refractivity contribution in [3.05, 3.63) is 28.6 Å². The van der Waals surface area contributed by atoms with E-state index in [-0.39, 0.29) is 5.69 Å². The highest BCUT2D eigenvalue weighted by Crippen LogP contribution is 2.13. The van der Waals surface area contributed by atoms with E-state index in [9.17, 15) is 14.4 Å². The van der Waals surface area contributed by atoms with Crippen LogP contribution < -0.4 is 0 Å². The van der Waals surface area contributed by atoms with E-state index in [4.69, 9.17) is 0 Å². The topological polar surface area (TPSA) is 73.3 Å². The maximum Gasteiger partial charge on any atom is 0.374 e. The van der Waals surface area contributed by atoms with Crippen LogP contribution in [0.2, 0.25) is 0 Å². The number of nitrogens with zero attached hydrogens (tertiary/aromatic N) is 1. The molecule has 0 bridgehead atoms. The zero-order valence-electron chi connectivity index (χ0n) is 10.9. The van der Waals surface area contributed by atoms with Crippen LogP contribution in [0.4, 0.5) is 0 Å². The number of esters is 1. The van der Waals surface area contributed by atoms with Crippen molar-refractivity contribution in [1.82, 2.24) is 4.98 Å². The summed E-state index contributed by atoms with van der Waals surface area (Å²) in [6.45, 7) is 5.42. The molecule has 0 aliphatic rings. The molecule has 0 N–H and O–H groups in total. The van der Waals surface area contributed by atoms with Gasteiger partial charge in [0, 0.05) is 5.69 Å². The Bertz CT molecular complexity index is 520. The van der Waals surface area contributed by atoms with Crippen LogP contribution in [0.25, 0.3) is 0 Å². The van der Waals surface area contributed by atoms with E-state index in [1.54, 1.807) is 13.8 Å². The predicted octanol–water partition coefficient (Wildman–Crippen LogP) is 1.32. The molecule has 18 heavy (non-hydrogen) atoms. The van der Waals surface area contributed by atoms with Gasteiger partial charge in [0.2, 0.25) is 5.78 Å². The third-order valence-electron chi connectivity index (χ3n) is 2.66. The molecule has 0 radical (unpaired) electrons. The summed E-state index contributed by atoms with van der Waals surface area (Å²) in [5.74, 6) is -2.34. The highest BCUT2D eigenvalue weighted by Gasteiger charge is 2.21. The van der Waals surface area contributed by atoms with Gasteiger partial charge in [-0.15, -0.1) is 0 Å². The number of carbonyl (C=O) groups is 3. The van der Waals surface area contributed by atoms with Crippen molar-refractivity contribution in [3.63, 3.8) is 0 Å². The molecule has 1 aromatic rings. The molecule has 0 fully saturated rings. The Morgan fingerprint density at radius 1 is 1.17 bits per heavy atom. The fraction of sp³-hybridized carbons (Fsp3) is 0.385. The summed E-state index contributed by atoms with van der Waals surface area (Å²) in [4.78, 5) is 38.3. The number of carbonyl (C=O) groups excluding carboxylic acids is 3. The molecule has 5 nitrogen and oxygen atoms in total. The van der Waals surface area contributed by atoms with Gasteiger partial charge in [-0.2, -0.15) is 0 Å². The molecule has 0 spiro atoms. The molecule has 0 aliphatic carbocycles. The van der Waals surface area contributed by atoms with Crippen LogP contribution in [0.3, 0.4) is 0 Å². The van der Waals surface area contributed by atoms with Crippen molar-refractivity contribution in [2.24, 2.45) is 0 Å². The van der Waals surface area contributed by atoms with Crippen LogP contribution in [-0.4, -0.2) is 29.6 Å². The van der Waals surface area contributed by atoms with Gasteiger partial charge in [0.1, 0.15) is 5.69 Å². The standard InChI is InChI=1S/C13H15NO4/c1-7-5-8(2)12(14-9(7)3)10(15)6-11(16)13(17)18-4/h5H,6H2,1-4H3. The maximum absolute atomic E-state index is 11.9. The Morgan fingerprint density at radius 2 is 1.78 bits per heavy atom. The molecular formula is C13H15NO4. The molecule has 0 saturated carbocycles. The lowest BCUT2D eigenvalue weighted by molar-refractivity contribution is -0.151. The second kappa shape index (κ2) is 5.53. The van der Waals surface area contributed by atoms with Gasteiger partial charge < -0.3 is 4.74 Å².